The first-order chi connectivity index (χ1) is 14.9. The van der Waals surface area contributed by atoms with Gasteiger partial charge in [0, 0.05) is 39.7 Å². The zero-order valence-electron chi connectivity index (χ0n) is 18.5. The number of ether oxygens (including phenoxy) is 5. The summed E-state index contributed by atoms with van der Waals surface area (Å²) in [4.78, 5) is 22.7. The first kappa shape index (κ1) is 23.7. The molecule has 7 heteroatoms. The molecule has 1 spiro atoms. The van der Waals surface area contributed by atoms with E-state index in [1.807, 2.05) is 18.2 Å². The molecule has 0 aliphatic carbocycles. The number of carbonyl (C=O) groups excluding carboxylic acids is 2. The van der Waals surface area contributed by atoms with Crippen LogP contribution in [-0.2, 0) is 39.9 Å². The molecule has 2 aliphatic rings. The lowest BCUT2D eigenvalue weighted by atomic mass is 9.90. The van der Waals surface area contributed by atoms with Crippen molar-refractivity contribution < 1.29 is 33.3 Å². The zero-order valence-corrected chi connectivity index (χ0v) is 18.5. The van der Waals surface area contributed by atoms with Gasteiger partial charge in [0.15, 0.2) is 5.79 Å². The van der Waals surface area contributed by atoms with E-state index in [2.05, 4.69) is 12.1 Å². The van der Waals surface area contributed by atoms with E-state index in [1.165, 1.54) is 19.4 Å². The summed E-state index contributed by atoms with van der Waals surface area (Å²) < 4.78 is 28.9. The van der Waals surface area contributed by atoms with Crippen LogP contribution < -0.4 is 0 Å². The minimum absolute atomic E-state index is 0.0440. The number of rotatable bonds is 9. The lowest BCUT2D eigenvalue weighted by Crippen LogP contribution is -2.53. The first-order valence-corrected chi connectivity index (χ1v) is 11.2. The predicted molar refractivity (Wildman–Crippen MR) is 113 cm³/mol. The Hall–Kier alpha value is -1.96. The van der Waals surface area contributed by atoms with Crippen molar-refractivity contribution in [3.63, 3.8) is 0 Å². The van der Waals surface area contributed by atoms with E-state index >= 15 is 0 Å². The highest BCUT2D eigenvalue weighted by molar-refractivity contribution is 5.66. The second-order valence-corrected chi connectivity index (χ2v) is 8.44. The molecule has 2 aliphatic heterocycles. The molecule has 0 aromatic heterocycles. The Morgan fingerprint density at radius 2 is 1.81 bits per heavy atom. The van der Waals surface area contributed by atoms with E-state index in [-0.39, 0.29) is 30.3 Å². The Morgan fingerprint density at radius 3 is 2.48 bits per heavy atom. The molecule has 2 saturated heterocycles. The van der Waals surface area contributed by atoms with Crippen LogP contribution in [0.4, 0.5) is 0 Å². The number of carbonyl (C=O) groups is 2. The van der Waals surface area contributed by atoms with Crippen LogP contribution in [0.15, 0.2) is 30.3 Å². The normalized spacial score (nSPS) is 28.3. The highest BCUT2D eigenvalue weighted by atomic mass is 16.7. The van der Waals surface area contributed by atoms with Gasteiger partial charge in [-0.15, -0.1) is 0 Å². The van der Waals surface area contributed by atoms with Gasteiger partial charge < -0.3 is 23.7 Å². The standard InChI is InChI=1S/C24H34O7/c1-18(25)29-22-11-12-24(28-17-22)15-23(30-19(2)26)14-21(31-24)10-6-7-13-27-16-20-8-4-3-5-9-20/h3-5,8-9,21-23H,6-7,10-17H2,1-2H3/t21-,22-,23+,24+/m0/s1. The second-order valence-electron chi connectivity index (χ2n) is 8.44. The highest BCUT2D eigenvalue weighted by Gasteiger charge is 2.46. The van der Waals surface area contributed by atoms with E-state index in [1.54, 1.807) is 0 Å². The minimum Gasteiger partial charge on any atom is -0.462 e. The van der Waals surface area contributed by atoms with E-state index in [9.17, 15) is 9.59 Å². The highest BCUT2D eigenvalue weighted by Crippen LogP contribution is 2.40. The maximum Gasteiger partial charge on any atom is 0.302 e. The van der Waals surface area contributed by atoms with Crippen molar-refractivity contribution in [3.05, 3.63) is 35.9 Å². The van der Waals surface area contributed by atoms with Crippen molar-refractivity contribution in [2.45, 2.75) is 89.5 Å². The average molecular weight is 435 g/mol. The van der Waals surface area contributed by atoms with Crippen molar-refractivity contribution in [2.24, 2.45) is 0 Å². The number of hydrogen-bond acceptors (Lipinski definition) is 7. The molecule has 4 atom stereocenters. The quantitative estimate of drug-likeness (QED) is 0.430. The van der Waals surface area contributed by atoms with Crippen molar-refractivity contribution in [3.8, 4) is 0 Å². The van der Waals surface area contributed by atoms with Crippen molar-refractivity contribution in [2.75, 3.05) is 13.2 Å². The molecular weight excluding hydrogens is 400 g/mol. The fraction of sp³-hybridized carbons (Fsp3) is 0.667. The zero-order chi connectivity index (χ0) is 22.1. The third-order valence-corrected chi connectivity index (χ3v) is 5.67. The largest absolute Gasteiger partial charge is 0.462 e. The Bertz CT molecular complexity index is 697. The number of unbranched alkanes of at least 4 members (excludes halogenated alkanes) is 1. The molecule has 172 valence electrons. The van der Waals surface area contributed by atoms with Gasteiger partial charge in [-0.3, -0.25) is 9.59 Å². The summed E-state index contributed by atoms with van der Waals surface area (Å²) in [5.74, 6) is -1.37. The summed E-state index contributed by atoms with van der Waals surface area (Å²) in [6.07, 6.45) is 4.69. The SMILES string of the molecule is CC(=O)O[C@@H]1C[C@H](CCCCOCc2ccccc2)O[C@]2(CC[C@H](OC(C)=O)CO2)C1. The number of esters is 2. The summed E-state index contributed by atoms with van der Waals surface area (Å²) in [5.41, 5.74) is 1.17. The van der Waals surface area contributed by atoms with Gasteiger partial charge in [0.2, 0.25) is 0 Å². The molecule has 0 N–H and O–H groups in total. The molecule has 3 rings (SSSR count). The van der Waals surface area contributed by atoms with Crippen molar-refractivity contribution >= 4 is 11.9 Å². The molecule has 0 bridgehead atoms. The molecule has 1 aromatic carbocycles. The minimum atomic E-state index is -0.774. The fourth-order valence-electron chi connectivity index (χ4n) is 4.33. The van der Waals surface area contributed by atoms with Gasteiger partial charge in [0.1, 0.15) is 12.2 Å². The molecule has 2 heterocycles. The first-order valence-electron chi connectivity index (χ1n) is 11.2. The van der Waals surface area contributed by atoms with Gasteiger partial charge in [-0.25, -0.2) is 0 Å². The van der Waals surface area contributed by atoms with Crippen molar-refractivity contribution in [1.29, 1.82) is 0 Å². The lowest BCUT2D eigenvalue weighted by Gasteiger charge is -2.47. The van der Waals surface area contributed by atoms with Gasteiger partial charge in [-0.2, -0.15) is 0 Å². The van der Waals surface area contributed by atoms with Gasteiger partial charge in [-0.1, -0.05) is 30.3 Å². The predicted octanol–water partition coefficient (Wildman–Crippen LogP) is 3.92. The van der Waals surface area contributed by atoms with Crippen LogP contribution in [0.25, 0.3) is 0 Å². The third kappa shape index (κ3) is 7.91. The molecule has 31 heavy (non-hydrogen) atoms. The van der Waals surface area contributed by atoms with E-state index < -0.39 is 5.79 Å². The smallest absolute Gasteiger partial charge is 0.302 e. The Morgan fingerprint density at radius 1 is 1.06 bits per heavy atom. The van der Waals surface area contributed by atoms with Crippen molar-refractivity contribution in [1.82, 2.24) is 0 Å². The maximum atomic E-state index is 11.5. The molecule has 0 radical (unpaired) electrons. The summed E-state index contributed by atoms with van der Waals surface area (Å²) in [6.45, 7) is 4.44. The maximum absolute atomic E-state index is 11.5. The second kappa shape index (κ2) is 11.6. The topological polar surface area (TPSA) is 80.3 Å². The Balaban J connectivity index is 1.44. The molecule has 2 fully saturated rings. The van der Waals surface area contributed by atoms with Crippen LogP contribution in [0.3, 0.4) is 0 Å². The fourth-order valence-corrected chi connectivity index (χ4v) is 4.33. The number of hydrogen-bond donors (Lipinski definition) is 0. The van der Waals surface area contributed by atoms with Gasteiger partial charge in [0.25, 0.3) is 0 Å². The van der Waals surface area contributed by atoms with Crippen LogP contribution in [0.1, 0.15) is 64.4 Å². The molecule has 0 unspecified atom stereocenters. The summed E-state index contributed by atoms with van der Waals surface area (Å²) >= 11 is 0. The summed E-state index contributed by atoms with van der Waals surface area (Å²) in [6, 6.07) is 10.1. The molecule has 7 nitrogen and oxygen atoms in total. The van der Waals surface area contributed by atoms with Gasteiger partial charge in [0.05, 0.1) is 19.3 Å². The van der Waals surface area contributed by atoms with Crippen LogP contribution in [0.5, 0.6) is 0 Å². The lowest BCUT2D eigenvalue weighted by molar-refractivity contribution is -0.321. The number of benzene rings is 1. The van der Waals surface area contributed by atoms with E-state index in [0.29, 0.717) is 45.5 Å². The molecule has 1 aromatic rings. The Kier molecular flexibility index (Phi) is 8.87. The molecule has 0 amide bonds. The van der Waals surface area contributed by atoms with Crippen LogP contribution in [-0.4, -0.2) is 49.3 Å². The van der Waals surface area contributed by atoms with E-state index in [0.717, 1.165) is 19.3 Å². The van der Waals surface area contributed by atoms with Crippen LogP contribution >= 0.6 is 0 Å². The molecular formula is C24H34O7. The third-order valence-electron chi connectivity index (χ3n) is 5.67. The summed E-state index contributed by atoms with van der Waals surface area (Å²) in [5, 5.41) is 0. The van der Waals surface area contributed by atoms with E-state index in [4.69, 9.17) is 23.7 Å². The van der Waals surface area contributed by atoms with Gasteiger partial charge in [-0.05, 0) is 31.2 Å². The van der Waals surface area contributed by atoms with Crippen LogP contribution in [0.2, 0.25) is 0 Å². The van der Waals surface area contributed by atoms with Gasteiger partial charge >= 0.3 is 11.9 Å². The summed E-state index contributed by atoms with van der Waals surface area (Å²) in [7, 11) is 0. The van der Waals surface area contributed by atoms with Crippen LogP contribution in [0, 0.1) is 0 Å². The average Bonchev–Trinajstić information content (AvgIpc) is 2.72. The molecule has 0 saturated carbocycles. The Labute approximate surface area is 184 Å². The monoisotopic (exact) mass is 434 g/mol.